The average Bonchev–Trinajstić information content (AvgIpc) is 2.33. The Morgan fingerprint density at radius 3 is 2.39 bits per heavy atom. The van der Waals surface area contributed by atoms with E-state index in [9.17, 15) is 5.11 Å². The number of benzene rings is 1. The number of rotatable bonds is 3. The van der Waals surface area contributed by atoms with E-state index >= 15 is 0 Å². The fraction of sp³-hybridized carbons (Fsp3) is 0.500. The molecule has 18 heavy (non-hydrogen) atoms. The van der Waals surface area contributed by atoms with Gasteiger partial charge in [-0.25, -0.2) is 0 Å². The first-order valence-electron chi connectivity index (χ1n) is 6.34. The van der Waals surface area contributed by atoms with Gasteiger partial charge >= 0.3 is 0 Å². The smallest absolute Gasteiger partial charge is 0.122 e. The van der Waals surface area contributed by atoms with Crippen LogP contribution in [0, 0.1) is 5.41 Å². The van der Waals surface area contributed by atoms with Crippen LogP contribution in [-0.4, -0.2) is 34.5 Å². The van der Waals surface area contributed by atoms with Crippen molar-refractivity contribution in [2.75, 3.05) is 13.1 Å². The van der Waals surface area contributed by atoms with Gasteiger partial charge in [0, 0.05) is 25.2 Å². The normalized spacial score (nSPS) is 19.7. The number of hydrogen-bond donors (Lipinski definition) is 3. The summed E-state index contributed by atoms with van der Waals surface area (Å²) in [7, 11) is 0. The average molecular weight is 247 g/mol. The maximum Gasteiger partial charge on any atom is 0.122 e. The fourth-order valence-corrected chi connectivity index (χ4v) is 2.24. The maximum atomic E-state index is 9.89. The van der Waals surface area contributed by atoms with E-state index in [4.69, 9.17) is 11.1 Å². The molecule has 0 aromatic heterocycles. The minimum Gasteiger partial charge on any atom is -0.390 e. The molecule has 0 radical (unpaired) electrons. The SMILES string of the molecule is CC1(O)CCN(Cc2ccc(C(=N)N)cc2)CC1. The lowest BCUT2D eigenvalue weighted by Crippen LogP contribution is -2.41. The van der Waals surface area contributed by atoms with Crippen molar-refractivity contribution < 1.29 is 5.11 Å². The molecule has 0 bridgehead atoms. The van der Waals surface area contributed by atoms with Gasteiger partial charge in [0.05, 0.1) is 5.60 Å². The van der Waals surface area contributed by atoms with Crippen LogP contribution < -0.4 is 5.73 Å². The van der Waals surface area contributed by atoms with Gasteiger partial charge < -0.3 is 10.8 Å². The first-order chi connectivity index (χ1) is 8.46. The molecule has 0 atom stereocenters. The molecule has 0 spiro atoms. The molecule has 1 aliphatic heterocycles. The number of piperidine rings is 1. The topological polar surface area (TPSA) is 73.3 Å². The summed E-state index contributed by atoms with van der Waals surface area (Å²) < 4.78 is 0. The number of aliphatic hydroxyl groups is 1. The summed E-state index contributed by atoms with van der Waals surface area (Å²) in [6.07, 6.45) is 1.66. The van der Waals surface area contributed by atoms with E-state index in [1.165, 1.54) is 5.56 Å². The van der Waals surface area contributed by atoms with Crippen molar-refractivity contribution in [3.05, 3.63) is 35.4 Å². The van der Waals surface area contributed by atoms with Gasteiger partial charge in [-0.2, -0.15) is 0 Å². The largest absolute Gasteiger partial charge is 0.390 e. The van der Waals surface area contributed by atoms with Crippen molar-refractivity contribution in [1.29, 1.82) is 5.41 Å². The monoisotopic (exact) mass is 247 g/mol. The molecule has 0 saturated carbocycles. The maximum absolute atomic E-state index is 9.89. The zero-order valence-electron chi connectivity index (χ0n) is 10.8. The molecule has 4 nitrogen and oxygen atoms in total. The van der Waals surface area contributed by atoms with E-state index in [-0.39, 0.29) is 5.84 Å². The molecule has 4 heteroatoms. The predicted octanol–water partition coefficient (Wildman–Crippen LogP) is 1.32. The van der Waals surface area contributed by atoms with E-state index in [1.54, 1.807) is 0 Å². The number of hydrogen-bond acceptors (Lipinski definition) is 3. The van der Waals surface area contributed by atoms with E-state index in [0.29, 0.717) is 0 Å². The second kappa shape index (κ2) is 5.08. The van der Waals surface area contributed by atoms with Gasteiger partial charge in [-0.15, -0.1) is 0 Å². The van der Waals surface area contributed by atoms with Gasteiger partial charge in [0.15, 0.2) is 0 Å². The van der Waals surface area contributed by atoms with Crippen molar-refractivity contribution in [3.63, 3.8) is 0 Å². The molecule has 1 heterocycles. The van der Waals surface area contributed by atoms with Crippen LogP contribution in [0.15, 0.2) is 24.3 Å². The van der Waals surface area contributed by atoms with Crippen LogP contribution in [-0.2, 0) is 6.54 Å². The molecule has 0 aliphatic carbocycles. The Labute approximate surface area is 108 Å². The number of nitrogens with two attached hydrogens (primary N) is 1. The molecular formula is C14H21N3O. The summed E-state index contributed by atoms with van der Waals surface area (Å²) >= 11 is 0. The van der Waals surface area contributed by atoms with Gasteiger partial charge in [-0.3, -0.25) is 10.3 Å². The Morgan fingerprint density at radius 1 is 1.33 bits per heavy atom. The van der Waals surface area contributed by atoms with E-state index in [0.717, 1.165) is 38.0 Å². The summed E-state index contributed by atoms with van der Waals surface area (Å²) in [6.45, 7) is 4.67. The summed E-state index contributed by atoms with van der Waals surface area (Å²) in [6, 6.07) is 7.81. The highest BCUT2D eigenvalue weighted by Crippen LogP contribution is 2.22. The molecule has 98 valence electrons. The van der Waals surface area contributed by atoms with Crippen LogP contribution in [0.1, 0.15) is 30.9 Å². The standard InChI is InChI=1S/C14H21N3O/c1-14(18)6-8-17(9-7-14)10-11-2-4-12(5-3-11)13(15)16/h2-5,18H,6-10H2,1H3,(H3,15,16). The lowest BCUT2D eigenvalue weighted by atomic mass is 9.93. The van der Waals surface area contributed by atoms with Crippen molar-refractivity contribution in [3.8, 4) is 0 Å². The highest BCUT2D eigenvalue weighted by molar-refractivity contribution is 5.94. The van der Waals surface area contributed by atoms with Crippen molar-refractivity contribution in [1.82, 2.24) is 4.90 Å². The molecule has 0 unspecified atom stereocenters. The zero-order chi connectivity index (χ0) is 13.2. The summed E-state index contributed by atoms with van der Waals surface area (Å²) in [5.74, 6) is 0.107. The van der Waals surface area contributed by atoms with Crippen LogP contribution in [0.4, 0.5) is 0 Å². The Bertz CT molecular complexity index is 415. The third-order valence-electron chi connectivity index (χ3n) is 3.60. The Kier molecular flexibility index (Phi) is 3.68. The molecule has 1 aromatic carbocycles. The van der Waals surface area contributed by atoms with E-state index < -0.39 is 5.60 Å². The molecule has 1 fully saturated rings. The van der Waals surface area contributed by atoms with Crippen LogP contribution in [0.3, 0.4) is 0 Å². The van der Waals surface area contributed by atoms with Crippen molar-refractivity contribution in [2.45, 2.75) is 31.9 Å². The highest BCUT2D eigenvalue weighted by Gasteiger charge is 2.26. The Balaban J connectivity index is 1.92. The minimum atomic E-state index is -0.491. The molecule has 1 saturated heterocycles. The molecule has 1 aromatic rings. The Hall–Kier alpha value is -1.39. The van der Waals surface area contributed by atoms with Crippen LogP contribution in [0.25, 0.3) is 0 Å². The summed E-state index contributed by atoms with van der Waals surface area (Å²) in [5, 5.41) is 17.2. The Morgan fingerprint density at radius 2 is 1.89 bits per heavy atom. The van der Waals surface area contributed by atoms with Gasteiger partial charge in [0.1, 0.15) is 5.84 Å². The van der Waals surface area contributed by atoms with Crippen LogP contribution in [0.5, 0.6) is 0 Å². The fourth-order valence-electron chi connectivity index (χ4n) is 2.24. The van der Waals surface area contributed by atoms with Gasteiger partial charge in [-0.1, -0.05) is 24.3 Å². The van der Waals surface area contributed by atoms with E-state index in [2.05, 4.69) is 4.90 Å². The summed E-state index contributed by atoms with van der Waals surface area (Å²) in [5.41, 5.74) is 6.92. The van der Waals surface area contributed by atoms with Crippen molar-refractivity contribution >= 4 is 5.84 Å². The number of nitrogen functional groups attached to an aromatic ring is 1. The third kappa shape index (κ3) is 3.31. The number of amidine groups is 1. The minimum absolute atomic E-state index is 0.107. The lowest BCUT2D eigenvalue weighted by molar-refractivity contribution is -0.00729. The molecule has 0 amide bonds. The van der Waals surface area contributed by atoms with Crippen molar-refractivity contribution in [2.24, 2.45) is 5.73 Å². The van der Waals surface area contributed by atoms with Crippen LogP contribution >= 0.6 is 0 Å². The van der Waals surface area contributed by atoms with Gasteiger partial charge in [-0.05, 0) is 25.3 Å². The molecule has 4 N–H and O–H groups in total. The number of likely N-dealkylation sites (tertiary alicyclic amines) is 1. The predicted molar refractivity (Wildman–Crippen MR) is 72.6 cm³/mol. The first-order valence-corrected chi connectivity index (χ1v) is 6.34. The quantitative estimate of drug-likeness (QED) is 0.557. The lowest BCUT2D eigenvalue weighted by Gasteiger charge is -2.35. The molecular weight excluding hydrogens is 226 g/mol. The van der Waals surface area contributed by atoms with Gasteiger partial charge in [0.25, 0.3) is 0 Å². The van der Waals surface area contributed by atoms with Gasteiger partial charge in [0.2, 0.25) is 0 Å². The number of nitrogens with one attached hydrogen (secondary N) is 1. The second-order valence-electron chi connectivity index (χ2n) is 5.38. The summed E-state index contributed by atoms with van der Waals surface area (Å²) in [4.78, 5) is 2.35. The zero-order valence-corrected chi connectivity index (χ0v) is 10.8. The third-order valence-corrected chi connectivity index (χ3v) is 3.60. The van der Waals surface area contributed by atoms with Crippen LogP contribution in [0.2, 0.25) is 0 Å². The first kappa shape index (κ1) is 13.1. The molecule has 2 rings (SSSR count). The van der Waals surface area contributed by atoms with E-state index in [1.807, 2.05) is 31.2 Å². The number of nitrogens with zero attached hydrogens (tertiary/aromatic N) is 1. The highest BCUT2D eigenvalue weighted by atomic mass is 16.3. The second-order valence-corrected chi connectivity index (χ2v) is 5.38. The molecule has 1 aliphatic rings.